The molecule has 0 atom stereocenters. The molecule has 0 aromatic rings. The summed E-state index contributed by atoms with van der Waals surface area (Å²) in [6, 6.07) is 0. The highest BCUT2D eigenvalue weighted by atomic mass is 16.3. The molecule has 3 nitrogen and oxygen atoms in total. The molecule has 1 heterocycles. The molecule has 0 unspecified atom stereocenters. The minimum atomic E-state index is 0.00191. The Labute approximate surface area is 89.5 Å². The summed E-state index contributed by atoms with van der Waals surface area (Å²) in [7, 11) is 0. The first-order valence-electron chi connectivity index (χ1n) is 4.91. The van der Waals surface area contributed by atoms with Crippen LogP contribution >= 0.6 is 0 Å². The van der Waals surface area contributed by atoms with E-state index in [2.05, 4.69) is 11.6 Å². The molecule has 0 spiro atoms. The Morgan fingerprint density at radius 2 is 2.40 bits per heavy atom. The fraction of sp³-hybridized carbons (Fsp3) is 0.333. The lowest BCUT2D eigenvalue weighted by Crippen LogP contribution is -2.09. The zero-order valence-corrected chi connectivity index (χ0v) is 9.08. The number of nitrogens with zero attached hydrogens (tertiary/aromatic N) is 1. The van der Waals surface area contributed by atoms with Gasteiger partial charge in [-0.05, 0) is 19.4 Å². The quantitative estimate of drug-likeness (QED) is 0.569. The Hall–Kier alpha value is -1.64. The maximum Gasteiger partial charge on any atom is 0.166 e. The summed E-state index contributed by atoms with van der Waals surface area (Å²) >= 11 is 0. The van der Waals surface area contributed by atoms with Gasteiger partial charge in [0.1, 0.15) is 11.5 Å². The lowest BCUT2D eigenvalue weighted by Gasteiger charge is -2.10. The first kappa shape index (κ1) is 11.4. The molecule has 0 radical (unpaired) electrons. The van der Waals surface area contributed by atoms with Gasteiger partial charge in [-0.15, -0.1) is 0 Å². The monoisotopic (exact) mass is 205 g/mol. The second-order valence-electron chi connectivity index (χ2n) is 3.45. The van der Waals surface area contributed by atoms with E-state index in [9.17, 15) is 9.90 Å². The van der Waals surface area contributed by atoms with Crippen molar-refractivity contribution in [2.75, 3.05) is 0 Å². The summed E-state index contributed by atoms with van der Waals surface area (Å²) in [5.41, 5.74) is 1.68. The number of hydrogen-bond donors (Lipinski definition) is 1. The van der Waals surface area contributed by atoms with Crippen LogP contribution in [0.3, 0.4) is 0 Å². The van der Waals surface area contributed by atoms with Gasteiger partial charge in [0.15, 0.2) is 5.78 Å². The third-order valence-corrected chi connectivity index (χ3v) is 2.31. The van der Waals surface area contributed by atoms with Crippen molar-refractivity contribution in [1.29, 1.82) is 0 Å². The number of ketones is 1. The number of carbonyl (C=O) groups excluding carboxylic acids is 1. The third-order valence-electron chi connectivity index (χ3n) is 2.31. The van der Waals surface area contributed by atoms with Gasteiger partial charge in [-0.2, -0.15) is 0 Å². The third kappa shape index (κ3) is 2.65. The van der Waals surface area contributed by atoms with Crippen molar-refractivity contribution in [2.45, 2.75) is 26.7 Å². The number of carbonyl (C=O) groups is 1. The molecule has 0 saturated carbocycles. The van der Waals surface area contributed by atoms with Crippen molar-refractivity contribution in [2.24, 2.45) is 4.99 Å². The summed E-state index contributed by atoms with van der Waals surface area (Å²) in [5, 5.41) is 9.74. The molecule has 0 amide bonds. The largest absolute Gasteiger partial charge is 0.506 e. The smallest absolute Gasteiger partial charge is 0.166 e. The lowest BCUT2D eigenvalue weighted by atomic mass is 10.0. The lowest BCUT2D eigenvalue weighted by molar-refractivity contribution is -0.114. The molecule has 1 aliphatic heterocycles. The number of Topliss-reactive ketones (excluding diaryl/α,β-unsaturated/α-hetero) is 1. The van der Waals surface area contributed by atoms with E-state index >= 15 is 0 Å². The van der Waals surface area contributed by atoms with Gasteiger partial charge < -0.3 is 5.11 Å². The van der Waals surface area contributed by atoms with Crippen molar-refractivity contribution < 1.29 is 9.90 Å². The molecule has 0 aromatic carbocycles. The second-order valence-corrected chi connectivity index (χ2v) is 3.45. The number of aliphatic imine (C=N–C) groups is 1. The Kier molecular flexibility index (Phi) is 3.61. The van der Waals surface area contributed by atoms with Gasteiger partial charge in [0.2, 0.25) is 0 Å². The van der Waals surface area contributed by atoms with Gasteiger partial charge >= 0.3 is 0 Å². The molecule has 1 rings (SSSR count). The fourth-order valence-electron chi connectivity index (χ4n) is 1.22. The van der Waals surface area contributed by atoms with E-state index in [1.165, 1.54) is 6.21 Å². The van der Waals surface area contributed by atoms with Crippen molar-refractivity contribution in [1.82, 2.24) is 0 Å². The molecular formula is C12H15NO2. The van der Waals surface area contributed by atoms with Crippen LogP contribution in [0.4, 0.5) is 0 Å². The van der Waals surface area contributed by atoms with Gasteiger partial charge in [0, 0.05) is 18.2 Å². The molecule has 0 bridgehead atoms. The van der Waals surface area contributed by atoms with Crippen LogP contribution in [-0.2, 0) is 4.79 Å². The summed E-state index contributed by atoms with van der Waals surface area (Å²) < 4.78 is 0. The molecule has 1 aliphatic rings. The molecule has 1 N–H and O–H groups in total. The van der Waals surface area contributed by atoms with Gasteiger partial charge in [-0.3, -0.25) is 9.79 Å². The molecule has 0 saturated heterocycles. The van der Waals surface area contributed by atoms with Crippen molar-refractivity contribution in [3.8, 4) is 0 Å². The number of rotatable bonds is 3. The molecule has 0 aromatic heterocycles. The zero-order valence-electron chi connectivity index (χ0n) is 9.08. The summed E-state index contributed by atoms with van der Waals surface area (Å²) in [6.45, 7) is 7.38. The molecule has 80 valence electrons. The minimum Gasteiger partial charge on any atom is -0.506 e. The van der Waals surface area contributed by atoms with Crippen LogP contribution in [0.5, 0.6) is 0 Å². The van der Waals surface area contributed by atoms with Gasteiger partial charge in [0.25, 0.3) is 0 Å². The Bertz CT molecular complexity index is 386. The highest BCUT2D eigenvalue weighted by Crippen LogP contribution is 2.20. The van der Waals surface area contributed by atoms with E-state index in [1.54, 1.807) is 13.0 Å². The Morgan fingerprint density at radius 3 is 3.00 bits per heavy atom. The first-order valence-corrected chi connectivity index (χ1v) is 4.91. The average molecular weight is 205 g/mol. The van der Waals surface area contributed by atoms with Crippen LogP contribution in [0.25, 0.3) is 0 Å². The van der Waals surface area contributed by atoms with Crippen LogP contribution in [0.1, 0.15) is 26.7 Å². The van der Waals surface area contributed by atoms with Crippen molar-refractivity contribution in [3.63, 3.8) is 0 Å². The fourth-order valence-corrected chi connectivity index (χ4v) is 1.22. The predicted molar refractivity (Wildman–Crippen MR) is 61.0 cm³/mol. The highest BCUT2D eigenvalue weighted by Gasteiger charge is 2.16. The number of aliphatic hydroxyl groups is 1. The maximum atomic E-state index is 11.4. The van der Waals surface area contributed by atoms with E-state index < -0.39 is 0 Å². The van der Waals surface area contributed by atoms with Gasteiger partial charge in [-0.1, -0.05) is 19.1 Å². The summed E-state index contributed by atoms with van der Waals surface area (Å²) in [4.78, 5) is 15.4. The van der Waals surface area contributed by atoms with Crippen molar-refractivity contribution in [3.05, 3.63) is 35.3 Å². The summed E-state index contributed by atoms with van der Waals surface area (Å²) in [6.07, 6.45) is 4.14. The maximum absolute atomic E-state index is 11.4. The highest BCUT2D eigenvalue weighted by molar-refractivity contribution is 6.05. The Balaban J connectivity index is 3.02. The van der Waals surface area contributed by atoms with E-state index in [0.717, 1.165) is 12.0 Å². The number of aliphatic hydroxyl groups excluding tert-OH is 1. The summed E-state index contributed by atoms with van der Waals surface area (Å²) in [5.74, 6) is 0.0192. The first-order chi connectivity index (χ1) is 7.06. The van der Waals surface area contributed by atoms with Crippen LogP contribution in [-0.4, -0.2) is 17.1 Å². The Morgan fingerprint density at radius 1 is 1.73 bits per heavy atom. The van der Waals surface area contributed by atoms with Crippen LogP contribution in [0.15, 0.2) is 40.2 Å². The van der Waals surface area contributed by atoms with E-state index in [-0.39, 0.29) is 11.5 Å². The van der Waals surface area contributed by atoms with E-state index in [1.807, 2.05) is 6.92 Å². The molecular weight excluding hydrogens is 190 g/mol. The van der Waals surface area contributed by atoms with Gasteiger partial charge in [0.05, 0.1) is 0 Å². The topological polar surface area (TPSA) is 49.7 Å². The molecule has 15 heavy (non-hydrogen) atoms. The van der Waals surface area contributed by atoms with E-state index in [0.29, 0.717) is 17.7 Å². The standard InChI is InChI=1S/C12H15NO2/c1-4-8(2)7-11(15)12-9(3)10(14)5-6-13-12/h6-7,15H,2,4-5H2,1,3H3. The minimum absolute atomic E-state index is 0.00191. The average Bonchev–Trinajstić information content (AvgIpc) is 2.21. The SMILES string of the molecule is C=C(C=C(O)C1=C(C)C(=O)CC=N1)CC. The number of allylic oxidation sites excluding steroid dienone is 3. The number of hydrogen-bond acceptors (Lipinski definition) is 3. The molecule has 0 aliphatic carbocycles. The second kappa shape index (κ2) is 4.73. The molecule has 0 fully saturated rings. The molecule has 3 heteroatoms. The van der Waals surface area contributed by atoms with Crippen LogP contribution < -0.4 is 0 Å². The van der Waals surface area contributed by atoms with Crippen molar-refractivity contribution >= 4 is 12.0 Å². The van der Waals surface area contributed by atoms with Crippen LogP contribution in [0, 0.1) is 0 Å². The van der Waals surface area contributed by atoms with E-state index in [4.69, 9.17) is 0 Å². The van der Waals surface area contributed by atoms with Crippen LogP contribution in [0.2, 0.25) is 0 Å². The normalized spacial score (nSPS) is 17.2. The zero-order chi connectivity index (χ0) is 11.4. The predicted octanol–water partition coefficient (Wildman–Crippen LogP) is 2.71. The van der Waals surface area contributed by atoms with Gasteiger partial charge in [-0.25, -0.2) is 0 Å².